The molecule has 340 valence electrons. The fourth-order valence-electron chi connectivity index (χ4n) is 9.19. The van der Waals surface area contributed by atoms with E-state index >= 15 is 0 Å². The van der Waals surface area contributed by atoms with Crippen molar-refractivity contribution in [3.05, 3.63) is 126 Å². The molecule has 8 rings (SSSR count). The molecule has 4 aliphatic heterocycles. The first-order valence-corrected chi connectivity index (χ1v) is 20.8. The highest BCUT2D eigenvalue weighted by Gasteiger charge is 2.46. The Balaban J connectivity index is 0.000000191. The predicted octanol–water partition coefficient (Wildman–Crippen LogP) is 5.29. The van der Waals surface area contributed by atoms with E-state index in [1.165, 1.54) is 21.5 Å². The van der Waals surface area contributed by atoms with Gasteiger partial charge in [-0.2, -0.15) is 0 Å². The Morgan fingerprint density at radius 3 is 1.27 bits per heavy atom. The van der Waals surface area contributed by atoms with E-state index in [1.807, 2.05) is 13.8 Å². The fraction of sp³-hybridized carbons (Fsp3) is 0.409. The van der Waals surface area contributed by atoms with Gasteiger partial charge in [0.1, 0.15) is 46.0 Å². The van der Waals surface area contributed by atoms with Crippen molar-refractivity contribution in [3.63, 3.8) is 0 Å². The lowest BCUT2D eigenvalue weighted by atomic mass is 9.87. The van der Waals surface area contributed by atoms with E-state index in [1.54, 1.807) is 9.80 Å². The van der Waals surface area contributed by atoms with Gasteiger partial charge in [0.05, 0.1) is 11.1 Å². The normalized spacial score (nSPS) is 20.0. The second-order valence-electron chi connectivity index (χ2n) is 16.5. The minimum atomic E-state index is -1.18. The molecule has 4 bridgehead atoms. The zero-order valence-electron chi connectivity index (χ0n) is 34.8. The van der Waals surface area contributed by atoms with Crippen LogP contribution in [-0.4, -0.2) is 79.0 Å². The number of hydrogen-bond acceptors (Lipinski definition) is 8. The van der Waals surface area contributed by atoms with E-state index in [4.69, 9.17) is 0 Å². The zero-order valence-corrected chi connectivity index (χ0v) is 34.8. The standard InChI is InChI=1S/2C22H22F3N3O4/c2*1-2-22-5-3-4-6-27(11-22)21(32)17-19(30)18(29)14(10-28(17)22)20(31)26-9-13-15(24)7-12(23)8-16(13)25/h2*7-8,10,30H,2-6,9,11H2,1H3,(H,26,31). The number of pyridine rings is 2. The molecule has 2 aromatic carbocycles. The smallest absolute Gasteiger partial charge is 0.274 e. The largest absolute Gasteiger partial charge is 0.503 e. The molecule has 0 aliphatic carbocycles. The third-order valence-electron chi connectivity index (χ3n) is 12.8. The summed E-state index contributed by atoms with van der Waals surface area (Å²) >= 11 is 0. The molecular formula is C44H44F6N6O8. The predicted molar refractivity (Wildman–Crippen MR) is 216 cm³/mol. The van der Waals surface area contributed by atoms with Crippen LogP contribution in [0.1, 0.15) is 118 Å². The molecule has 6 heterocycles. The molecule has 0 radical (unpaired) electrons. The summed E-state index contributed by atoms with van der Waals surface area (Å²) in [6.07, 6.45) is 8.29. The van der Waals surface area contributed by atoms with Gasteiger partial charge in [0.15, 0.2) is 22.9 Å². The number of amides is 4. The molecule has 4 amide bonds. The number of fused-ring (bicyclic) bond motifs is 8. The first-order valence-electron chi connectivity index (χ1n) is 20.8. The molecule has 20 heteroatoms. The first kappa shape index (κ1) is 45.4. The molecular weight excluding hydrogens is 855 g/mol. The van der Waals surface area contributed by atoms with Crippen molar-refractivity contribution in [2.45, 2.75) is 89.4 Å². The molecule has 2 saturated heterocycles. The van der Waals surface area contributed by atoms with Crippen LogP contribution in [0.15, 0.2) is 46.2 Å². The Bertz CT molecular complexity index is 2500. The Labute approximate surface area is 361 Å². The molecule has 2 aromatic heterocycles. The van der Waals surface area contributed by atoms with E-state index in [0.29, 0.717) is 76.1 Å². The van der Waals surface area contributed by atoms with E-state index in [-0.39, 0.29) is 11.4 Å². The molecule has 0 spiro atoms. The van der Waals surface area contributed by atoms with Crippen LogP contribution < -0.4 is 21.5 Å². The van der Waals surface area contributed by atoms with Gasteiger partial charge in [0.25, 0.3) is 23.6 Å². The topological polar surface area (TPSA) is 183 Å². The summed E-state index contributed by atoms with van der Waals surface area (Å²) in [6.45, 7) is 4.41. The van der Waals surface area contributed by atoms with Crippen LogP contribution in [0.3, 0.4) is 0 Å². The minimum absolute atomic E-state index is 0.155. The number of hydrogen-bond donors (Lipinski definition) is 4. The van der Waals surface area contributed by atoms with Crippen molar-refractivity contribution < 1.29 is 55.7 Å². The average Bonchev–Trinajstić information content (AvgIpc) is 3.58. The number of benzene rings is 2. The maximum Gasteiger partial charge on any atom is 0.274 e. The third kappa shape index (κ3) is 7.97. The van der Waals surface area contributed by atoms with Gasteiger partial charge in [-0.05, 0) is 51.4 Å². The lowest BCUT2D eigenvalue weighted by Gasteiger charge is -2.44. The average molecular weight is 899 g/mol. The van der Waals surface area contributed by atoms with Gasteiger partial charge in [0.2, 0.25) is 10.9 Å². The van der Waals surface area contributed by atoms with Crippen molar-refractivity contribution in [2.24, 2.45) is 0 Å². The summed E-state index contributed by atoms with van der Waals surface area (Å²) in [6, 6.07) is 1.94. The molecule has 4 N–H and O–H groups in total. The number of carbonyl (C=O) groups excluding carboxylic acids is 4. The lowest BCUT2D eigenvalue weighted by molar-refractivity contribution is 0.0554. The Morgan fingerprint density at radius 1 is 0.594 bits per heavy atom. The molecule has 14 nitrogen and oxygen atoms in total. The van der Waals surface area contributed by atoms with Crippen molar-refractivity contribution >= 4 is 23.6 Å². The summed E-state index contributed by atoms with van der Waals surface area (Å²) < 4.78 is 84.7. The monoisotopic (exact) mass is 898 g/mol. The Hall–Kier alpha value is -6.60. The van der Waals surface area contributed by atoms with Gasteiger partial charge in [0, 0.05) is 87.1 Å². The molecule has 2 unspecified atom stereocenters. The van der Waals surface area contributed by atoms with Crippen LogP contribution >= 0.6 is 0 Å². The minimum Gasteiger partial charge on any atom is -0.503 e. The van der Waals surface area contributed by atoms with Crippen LogP contribution in [0.5, 0.6) is 11.5 Å². The number of nitrogens with one attached hydrogen (secondary N) is 2. The molecule has 2 atom stereocenters. The van der Waals surface area contributed by atoms with Gasteiger partial charge < -0.3 is 39.8 Å². The number of rotatable bonds is 8. The first-order chi connectivity index (χ1) is 30.4. The quantitative estimate of drug-likeness (QED) is 0.172. The van der Waals surface area contributed by atoms with Crippen LogP contribution in [0.2, 0.25) is 0 Å². The molecule has 0 saturated carbocycles. The van der Waals surface area contributed by atoms with Crippen LogP contribution in [0.25, 0.3) is 0 Å². The van der Waals surface area contributed by atoms with Crippen LogP contribution in [-0.2, 0) is 24.2 Å². The number of aromatic nitrogens is 2. The number of nitrogens with zero attached hydrogens (tertiary/aromatic N) is 4. The second-order valence-corrected chi connectivity index (χ2v) is 16.5. The molecule has 64 heavy (non-hydrogen) atoms. The summed E-state index contributed by atoms with van der Waals surface area (Å²) in [4.78, 5) is 79.9. The fourth-order valence-corrected chi connectivity index (χ4v) is 9.19. The van der Waals surface area contributed by atoms with E-state index in [9.17, 15) is 65.3 Å². The Morgan fingerprint density at radius 2 is 0.938 bits per heavy atom. The van der Waals surface area contributed by atoms with Gasteiger partial charge in [-0.25, -0.2) is 26.3 Å². The van der Waals surface area contributed by atoms with E-state index in [2.05, 4.69) is 10.6 Å². The summed E-state index contributed by atoms with van der Waals surface area (Å²) in [5.74, 6) is -11.5. The Kier molecular flexibility index (Phi) is 12.4. The van der Waals surface area contributed by atoms with Crippen molar-refractivity contribution in [2.75, 3.05) is 26.2 Å². The van der Waals surface area contributed by atoms with Gasteiger partial charge in [-0.1, -0.05) is 13.8 Å². The molecule has 4 aromatic rings. The van der Waals surface area contributed by atoms with Gasteiger partial charge >= 0.3 is 0 Å². The third-order valence-corrected chi connectivity index (χ3v) is 12.8. The van der Waals surface area contributed by atoms with Crippen LogP contribution in [0, 0.1) is 34.9 Å². The molecule has 4 aliphatic rings. The van der Waals surface area contributed by atoms with Gasteiger partial charge in [-0.3, -0.25) is 28.8 Å². The summed E-state index contributed by atoms with van der Waals surface area (Å²) in [7, 11) is 0. The second kappa shape index (κ2) is 17.5. The van der Waals surface area contributed by atoms with Gasteiger partial charge in [-0.15, -0.1) is 0 Å². The summed E-state index contributed by atoms with van der Waals surface area (Å²) in [5, 5.41) is 25.6. The number of aromatic hydroxyl groups is 2. The number of halogens is 6. The van der Waals surface area contributed by atoms with Crippen LogP contribution in [0.4, 0.5) is 26.3 Å². The number of carbonyl (C=O) groups is 4. The lowest BCUT2D eigenvalue weighted by Crippen LogP contribution is -2.53. The highest BCUT2D eigenvalue weighted by Crippen LogP contribution is 2.40. The zero-order chi connectivity index (χ0) is 46.4. The molecule has 2 fully saturated rings. The van der Waals surface area contributed by atoms with Crippen molar-refractivity contribution in [1.29, 1.82) is 0 Å². The highest BCUT2D eigenvalue weighted by atomic mass is 19.2. The van der Waals surface area contributed by atoms with Crippen molar-refractivity contribution in [1.82, 2.24) is 29.6 Å². The maximum absolute atomic E-state index is 13.9. The van der Waals surface area contributed by atoms with Crippen molar-refractivity contribution in [3.8, 4) is 11.5 Å². The highest BCUT2D eigenvalue weighted by molar-refractivity contribution is 6.00. The SMILES string of the molecule is CCC12CCCCN(C1)C(=O)c1c(O)c(=O)c(C(=O)NCc3c(F)cc(F)cc3F)cn12.CCC12CCCCN(C1)C(=O)c1c(O)c(=O)c(C(=O)NCc3c(F)cc(F)cc3F)cn12. The summed E-state index contributed by atoms with van der Waals surface area (Å²) in [5.41, 5.74) is -5.62. The maximum atomic E-state index is 13.9. The van der Waals surface area contributed by atoms with E-state index < -0.39 is 127 Å². The van der Waals surface area contributed by atoms with E-state index in [0.717, 1.165) is 25.7 Å².